The van der Waals surface area contributed by atoms with E-state index in [1.165, 1.54) is 0 Å². The van der Waals surface area contributed by atoms with Crippen molar-refractivity contribution in [2.24, 2.45) is 0 Å². The van der Waals surface area contributed by atoms with E-state index >= 15 is 0 Å². The second-order valence-corrected chi connectivity index (χ2v) is 5.86. The second-order valence-electron chi connectivity index (χ2n) is 4.92. The predicted octanol–water partition coefficient (Wildman–Crippen LogP) is 2.13. The summed E-state index contributed by atoms with van der Waals surface area (Å²) in [5.41, 5.74) is 0.378. The highest BCUT2D eigenvalue weighted by atomic mass is 32.1. The fourth-order valence-corrected chi connectivity index (χ4v) is 2.48. The molecule has 0 aliphatic rings. The van der Waals surface area contributed by atoms with Gasteiger partial charge in [0.15, 0.2) is 0 Å². The molecule has 1 rings (SSSR count). The quantitative estimate of drug-likeness (QED) is 0.803. The van der Waals surface area contributed by atoms with Gasteiger partial charge in [-0.3, -0.25) is 0 Å². The number of nitrogens with zero attached hydrogens (tertiary/aromatic N) is 1. The van der Waals surface area contributed by atoms with E-state index in [0.717, 1.165) is 23.7 Å². The van der Waals surface area contributed by atoms with Gasteiger partial charge >= 0.3 is 0 Å². The molecule has 0 spiro atoms. The zero-order chi connectivity index (χ0) is 12.2. The smallest absolute Gasteiger partial charge is 0.0956 e. The summed E-state index contributed by atoms with van der Waals surface area (Å²) in [6.07, 6.45) is 1.40. The summed E-state index contributed by atoms with van der Waals surface area (Å²) in [6, 6.07) is 0.470. The van der Waals surface area contributed by atoms with Crippen molar-refractivity contribution < 1.29 is 5.11 Å². The first-order valence-electron chi connectivity index (χ1n) is 5.76. The number of hydrogen-bond acceptors (Lipinski definition) is 4. The van der Waals surface area contributed by atoms with Crippen molar-refractivity contribution in [3.05, 3.63) is 16.1 Å². The van der Waals surface area contributed by atoms with Crippen molar-refractivity contribution in [3.63, 3.8) is 0 Å². The zero-order valence-corrected chi connectivity index (χ0v) is 11.4. The third kappa shape index (κ3) is 5.05. The molecule has 0 radical (unpaired) electrons. The Bertz CT molecular complexity index is 321. The molecule has 1 aromatic heterocycles. The van der Waals surface area contributed by atoms with Gasteiger partial charge < -0.3 is 10.4 Å². The zero-order valence-electron chi connectivity index (χ0n) is 10.6. The summed E-state index contributed by atoms with van der Waals surface area (Å²) < 4.78 is 0. The van der Waals surface area contributed by atoms with Crippen molar-refractivity contribution >= 4 is 11.3 Å². The Morgan fingerprint density at radius 1 is 1.56 bits per heavy atom. The maximum Gasteiger partial charge on any atom is 0.0956 e. The fourth-order valence-electron chi connectivity index (χ4n) is 1.53. The van der Waals surface area contributed by atoms with Crippen LogP contribution in [0.5, 0.6) is 0 Å². The van der Waals surface area contributed by atoms with Crippen molar-refractivity contribution in [2.45, 2.75) is 52.2 Å². The standard InChI is InChI=1S/C12H22N2OS/c1-9(2)13-6-5-12(4,15)7-11-14-10(3)8-16-11/h8-9,13,15H,5-7H2,1-4H3. The molecule has 0 aliphatic carbocycles. The highest BCUT2D eigenvalue weighted by molar-refractivity contribution is 7.09. The highest BCUT2D eigenvalue weighted by Crippen LogP contribution is 2.19. The van der Waals surface area contributed by atoms with E-state index in [0.29, 0.717) is 12.5 Å². The number of hydrogen-bond donors (Lipinski definition) is 2. The molecule has 1 unspecified atom stereocenters. The number of thiazole rings is 1. The summed E-state index contributed by atoms with van der Waals surface area (Å²) in [4.78, 5) is 4.38. The molecule has 0 bridgehead atoms. The van der Waals surface area contributed by atoms with Gasteiger partial charge in [-0.05, 0) is 26.8 Å². The third-order valence-electron chi connectivity index (χ3n) is 2.41. The van der Waals surface area contributed by atoms with Crippen LogP contribution in [0, 0.1) is 6.92 Å². The van der Waals surface area contributed by atoms with Crippen LogP contribution in [0.25, 0.3) is 0 Å². The normalized spacial score (nSPS) is 15.4. The maximum absolute atomic E-state index is 10.2. The van der Waals surface area contributed by atoms with Crippen LogP contribution in [0.15, 0.2) is 5.38 Å². The lowest BCUT2D eigenvalue weighted by molar-refractivity contribution is 0.0510. The van der Waals surface area contributed by atoms with Crippen LogP contribution in [-0.4, -0.2) is 28.3 Å². The first-order valence-corrected chi connectivity index (χ1v) is 6.64. The minimum absolute atomic E-state index is 0.470. The van der Waals surface area contributed by atoms with E-state index in [1.54, 1.807) is 11.3 Å². The lowest BCUT2D eigenvalue weighted by Crippen LogP contribution is -2.34. The van der Waals surface area contributed by atoms with Gasteiger partial charge in [0.05, 0.1) is 10.6 Å². The molecule has 92 valence electrons. The topological polar surface area (TPSA) is 45.1 Å². The van der Waals surface area contributed by atoms with Gasteiger partial charge in [-0.15, -0.1) is 11.3 Å². The molecule has 0 aliphatic heterocycles. The van der Waals surface area contributed by atoms with Crippen LogP contribution in [-0.2, 0) is 6.42 Å². The molecule has 16 heavy (non-hydrogen) atoms. The van der Waals surface area contributed by atoms with Crippen molar-refractivity contribution in [3.8, 4) is 0 Å². The van der Waals surface area contributed by atoms with E-state index in [-0.39, 0.29) is 0 Å². The molecule has 1 heterocycles. The van der Waals surface area contributed by atoms with Gasteiger partial charge in [0.25, 0.3) is 0 Å². The lowest BCUT2D eigenvalue weighted by Gasteiger charge is -2.22. The molecule has 0 fully saturated rings. The van der Waals surface area contributed by atoms with Gasteiger partial charge in [0.2, 0.25) is 0 Å². The van der Waals surface area contributed by atoms with E-state index in [1.807, 2.05) is 19.2 Å². The molecular formula is C12H22N2OS. The SMILES string of the molecule is Cc1csc(CC(C)(O)CCNC(C)C)n1. The third-order valence-corrected chi connectivity index (χ3v) is 3.38. The summed E-state index contributed by atoms with van der Waals surface area (Å²) in [5.74, 6) is 0. The van der Waals surface area contributed by atoms with E-state index in [4.69, 9.17) is 0 Å². The molecule has 3 nitrogen and oxygen atoms in total. The van der Waals surface area contributed by atoms with Crippen molar-refractivity contribution in [2.75, 3.05) is 6.54 Å². The number of nitrogens with one attached hydrogen (secondary N) is 1. The van der Waals surface area contributed by atoms with Crippen LogP contribution in [0.1, 0.15) is 37.9 Å². The number of aromatic nitrogens is 1. The Hall–Kier alpha value is -0.450. The Balaban J connectivity index is 2.39. The monoisotopic (exact) mass is 242 g/mol. The first kappa shape index (κ1) is 13.6. The van der Waals surface area contributed by atoms with E-state index in [2.05, 4.69) is 24.1 Å². The van der Waals surface area contributed by atoms with Gasteiger partial charge in [0, 0.05) is 23.5 Å². The van der Waals surface area contributed by atoms with Crippen molar-refractivity contribution in [1.29, 1.82) is 0 Å². The number of aryl methyl sites for hydroxylation is 1. The Morgan fingerprint density at radius 2 is 2.25 bits per heavy atom. The maximum atomic E-state index is 10.2. The van der Waals surface area contributed by atoms with Gasteiger partial charge in [-0.2, -0.15) is 0 Å². The molecule has 0 amide bonds. The predicted molar refractivity (Wildman–Crippen MR) is 68.9 cm³/mol. The summed E-state index contributed by atoms with van der Waals surface area (Å²) in [5, 5.41) is 16.6. The summed E-state index contributed by atoms with van der Waals surface area (Å²) in [6.45, 7) is 8.92. The summed E-state index contributed by atoms with van der Waals surface area (Å²) in [7, 11) is 0. The van der Waals surface area contributed by atoms with Crippen LogP contribution >= 0.6 is 11.3 Å². The van der Waals surface area contributed by atoms with Gasteiger partial charge in [0.1, 0.15) is 0 Å². The van der Waals surface area contributed by atoms with E-state index < -0.39 is 5.60 Å². The minimum atomic E-state index is -0.661. The van der Waals surface area contributed by atoms with Crippen LogP contribution in [0.2, 0.25) is 0 Å². The lowest BCUT2D eigenvalue weighted by atomic mass is 9.98. The fraction of sp³-hybridized carbons (Fsp3) is 0.750. The van der Waals surface area contributed by atoms with Crippen LogP contribution < -0.4 is 5.32 Å². The molecular weight excluding hydrogens is 220 g/mol. The van der Waals surface area contributed by atoms with Gasteiger partial charge in [-0.1, -0.05) is 13.8 Å². The molecule has 0 saturated carbocycles. The second kappa shape index (κ2) is 5.75. The summed E-state index contributed by atoms with van der Waals surface area (Å²) >= 11 is 1.62. The number of aliphatic hydroxyl groups is 1. The molecule has 0 saturated heterocycles. The van der Waals surface area contributed by atoms with Gasteiger partial charge in [-0.25, -0.2) is 4.98 Å². The average Bonchev–Trinajstić information content (AvgIpc) is 2.48. The molecule has 1 atom stereocenters. The largest absolute Gasteiger partial charge is 0.390 e. The molecule has 0 aromatic carbocycles. The Labute approximate surface area is 102 Å². The Kier molecular flexibility index (Phi) is 4.89. The first-order chi connectivity index (χ1) is 7.39. The van der Waals surface area contributed by atoms with Crippen LogP contribution in [0.4, 0.5) is 0 Å². The Morgan fingerprint density at radius 3 is 2.75 bits per heavy atom. The average molecular weight is 242 g/mol. The highest BCUT2D eigenvalue weighted by Gasteiger charge is 2.22. The molecule has 4 heteroatoms. The van der Waals surface area contributed by atoms with Crippen molar-refractivity contribution in [1.82, 2.24) is 10.3 Å². The number of rotatable bonds is 6. The molecule has 1 aromatic rings. The van der Waals surface area contributed by atoms with Crippen LogP contribution in [0.3, 0.4) is 0 Å². The minimum Gasteiger partial charge on any atom is -0.390 e. The molecule has 2 N–H and O–H groups in total. The van der Waals surface area contributed by atoms with E-state index in [9.17, 15) is 5.11 Å².